The zero-order chi connectivity index (χ0) is 13.7. The summed E-state index contributed by atoms with van der Waals surface area (Å²) in [4.78, 5) is 0. The molecule has 0 heterocycles. The van der Waals surface area contributed by atoms with Crippen LogP contribution >= 0.6 is 0 Å². The van der Waals surface area contributed by atoms with E-state index in [0.29, 0.717) is 13.1 Å². The number of hydrogen-bond donors (Lipinski definition) is 2. The number of hydrogen-bond acceptors (Lipinski definition) is 2. The van der Waals surface area contributed by atoms with Crippen LogP contribution in [0, 0.1) is 12.7 Å². The van der Waals surface area contributed by atoms with Crippen molar-refractivity contribution in [1.82, 2.24) is 5.32 Å². The topological polar surface area (TPSA) is 32.3 Å². The summed E-state index contributed by atoms with van der Waals surface area (Å²) in [5.41, 5.74) is 4.07. The van der Waals surface area contributed by atoms with Crippen molar-refractivity contribution >= 4 is 0 Å². The van der Waals surface area contributed by atoms with E-state index in [1.54, 1.807) is 12.1 Å². The number of halogens is 1. The van der Waals surface area contributed by atoms with E-state index in [0.717, 1.165) is 22.3 Å². The molecule has 0 unspecified atom stereocenters. The summed E-state index contributed by atoms with van der Waals surface area (Å²) in [6, 6.07) is 12.6. The predicted molar refractivity (Wildman–Crippen MR) is 74.0 cm³/mol. The van der Waals surface area contributed by atoms with Gasteiger partial charge < -0.3 is 10.4 Å². The van der Waals surface area contributed by atoms with Crippen molar-refractivity contribution in [2.24, 2.45) is 0 Å². The maximum atomic E-state index is 13.1. The summed E-state index contributed by atoms with van der Waals surface area (Å²) in [5, 5.41) is 12.4. The molecule has 0 aliphatic carbocycles. The van der Waals surface area contributed by atoms with Crippen LogP contribution in [0.15, 0.2) is 42.5 Å². The minimum absolute atomic E-state index is 0.0524. The fourth-order valence-electron chi connectivity index (χ4n) is 2.01. The van der Waals surface area contributed by atoms with Crippen LogP contribution in [0.5, 0.6) is 0 Å². The molecule has 0 saturated carbocycles. The van der Waals surface area contributed by atoms with Gasteiger partial charge in [-0.05, 0) is 41.3 Å². The number of benzene rings is 2. The highest BCUT2D eigenvalue weighted by molar-refractivity contribution is 5.27. The summed E-state index contributed by atoms with van der Waals surface area (Å²) in [6.45, 7) is 3.36. The molecule has 2 nitrogen and oxygen atoms in total. The molecule has 0 amide bonds. The summed E-state index contributed by atoms with van der Waals surface area (Å²) in [5.74, 6) is -0.204. The maximum absolute atomic E-state index is 13.1. The number of nitrogens with one attached hydrogen (secondary N) is 1. The highest BCUT2D eigenvalue weighted by atomic mass is 19.1. The zero-order valence-electron chi connectivity index (χ0n) is 11.0. The third-order valence-electron chi connectivity index (χ3n) is 3.13. The molecule has 0 aliphatic heterocycles. The second-order valence-electron chi connectivity index (χ2n) is 4.65. The van der Waals surface area contributed by atoms with Gasteiger partial charge in [0, 0.05) is 13.1 Å². The van der Waals surface area contributed by atoms with Gasteiger partial charge in [0.25, 0.3) is 0 Å². The van der Waals surface area contributed by atoms with Crippen molar-refractivity contribution in [3.05, 3.63) is 70.5 Å². The Balaban J connectivity index is 1.94. The van der Waals surface area contributed by atoms with Gasteiger partial charge in [-0.1, -0.05) is 30.3 Å². The van der Waals surface area contributed by atoms with Gasteiger partial charge in [0.2, 0.25) is 0 Å². The van der Waals surface area contributed by atoms with Crippen molar-refractivity contribution in [1.29, 1.82) is 0 Å². The molecule has 19 heavy (non-hydrogen) atoms. The van der Waals surface area contributed by atoms with Gasteiger partial charge in [-0.3, -0.25) is 0 Å². The number of aliphatic hydroxyl groups is 1. The normalized spacial score (nSPS) is 10.7. The van der Waals surface area contributed by atoms with Gasteiger partial charge in [0.1, 0.15) is 5.82 Å². The second kappa shape index (κ2) is 6.45. The van der Waals surface area contributed by atoms with Crippen molar-refractivity contribution in [2.75, 3.05) is 0 Å². The number of rotatable bonds is 5. The quantitative estimate of drug-likeness (QED) is 0.865. The van der Waals surface area contributed by atoms with E-state index >= 15 is 0 Å². The molecule has 0 saturated heterocycles. The fraction of sp³-hybridized carbons (Fsp3) is 0.250. The van der Waals surface area contributed by atoms with Crippen LogP contribution in [0.4, 0.5) is 4.39 Å². The Kier molecular flexibility index (Phi) is 4.66. The molecule has 2 aromatic carbocycles. The average molecular weight is 259 g/mol. The molecule has 3 heteroatoms. The smallest absolute Gasteiger partial charge is 0.123 e. The number of aliphatic hydroxyl groups excluding tert-OH is 1. The first-order valence-corrected chi connectivity index (χ1v) is 6.33. The molecule has 0 radical (unpaired) electrons. The first kappa shape index (κ1) is 13.7. The van der Waals surface area contributed by atoms with E-state index in [2.05, 4.69) is 5.32 Å². The van der Waals surface area contributed by atoms with Crippen molar-refractivity contribution in [2.45, 2.75) is 26.6 Å². The molecule has 0 aromatic heterocycles. The maximum Gasteiger partial charge on any atom is 0.123 e. The van der Waals surface area contributed by atoms with Crippen LogP contribution in [0.1, 0.15) is 22.3 Å². The highest BCUT2D eigenvalue weighted by Gasteiger charge is 2.01. The van der Waals surface area contributed by atoms with Crippen molar-refractivity contribution < 1.29 is 9.50 Å². The van der Waals surface area contributed by atoms with E-state index in [-0.39, 0.29) is 12.4 Å². The zero-order valence-corrected chi connectivity index (χ0v) is 11.0. The first-order chi connectivity index (χ1) is 9.19. The SMILES string of the molecule is Cc1ccc(F)cc1CNCc1cccc(CO)c1. The molecule has 0 bridgehead atoms. The Bertz CT molecular complexity index is 554. The highest BCUT2D eigenvalue weighted by Crippen LogP contribution is 2.10. The third-order valence-corrected chi connectivity index (χ3v) is 3.13. The largest absolute Gasteiger partial charge is 0.392 e. The summed E-state index contributed by atoms with van der Waals surface area (Å²) in [6.07, 6.45) is 0. The monoisotopic (exact) mass is 259 g/mol. The van der Waals surface area contributed by atoms with Gasteiger partial charge in [0.05, 0.1) is 6.61 Å². The van der Waals surface area contributed by atoms with Crippen molar-refractivity contribution in [3.8, 4) is 0 Å². The lowest BCUT2D eigenvalue weighted by Gasteiger charge is -2.09. The lowest BCUT2D eigenvalue weighted by Crippen LogP contribution is -2.13. The third kappa shape index (κ3) is 3.88. The summed E-state index contributed by atoms with van der Waals surface area (Å²) in [7, 11) is 0. The van der Waals surface area contributed by atoms with Crippen LogP contribution in [-0.2, 0) is 19.7 Å². The van der Waals surface area contributed by atoms with Crippen LogP contribution in [0.3, 0.4) is 0 Å². The predicted octanol–water partition coefficient (Wildman–Crippen LogP) is 2.92. The lowest BCUT2D eigenvalue weighted by atomic mass is 10.1. The van der Waals surface area contributed by atoms with E-state index in [4.69, 9.17) is 5.11 Å². The molecule has 0 fully saturated rings. The Morgan fingerprint density at radius 2 is 1.84 bits per heavy atom. The molecule has 2 aromatic rings. The molecule has 2 rings (SSSR count). The fourth-order valence-corrected chi connectivity index (χ4v) is 2.01. The van der Waals surface area contributed by atoms with Crippen LogP contribution < -0.4 is 5.32 Å². The van der Waals surface area contributed by atoms with E-state index in [9.17, 15) is 4.39 Å². The van der Waals surface area contributed by atoms with E-state index in [1.807, 2.05) is 31.2 Å². The molecule has 100 valence electrons. The van der Waals surface area contributed by atoms with Crippen LogP contribution in [0.25, 0.3) is 0 Å². The van der Waals surface area contributed by atoms with E-state index in [1.165, 1.54) is 6.07 Å². The lowest BCUT2D eigenvalue weighted by molar-refractivity contribution is 0.281. The van der Waals surface area contributed by atoms with E-state index < -0.39 is 0 Å². The summed E-state index contributed by atoms with van der Waals surface area (Å²) >= 11 is 0. The standard InChI is InChI=1S/C16H18FNO/c1-12-5-6-16(17)8-15(12)10-18-9-13-3-2-4-14(7-13)11-19/h2-8,18-19H,9-11H2,1H3. The molecule has 2 N–H and O–H groups in total. The van der Waals surface area contributed by atoms with Crippen LogP contribution in [0.2, 0.25) is 0 Å². The Labute approximate surface area is 112 Å². The molecule has 0 atom stereocenters. The van der Waals surface area contributed by atoms with Crippen molar-refractivity contribution in [3.63, 3.8) is 0 Å². The minimum atomic E-state index is -0.204. The molecular weight excluding hydrogens is 241 g/mol. The Morgan fingerprint density at radius 3 is 2.63 bits per heavy atom. The molecule has 0 spiro atoms. The molecule has 0 aliphatic rings. The van der Waals surface area contributed by atoms with Gasteiger partial charge in [-0.15, -0.1) is 0 Å². The summed E-state index contributed by atoms with van der Waals surface area (Å²) < 4.78 is 13.1. The van der Waals surface area contributed by atoms with Gasteiger partial charge in [-0.2, -0.15) is 0 Å². The number of aryl methyl sites for hydroxylation is 1. The minimum Gasteiger partial charge on any atom is -0.392 e. The Morgan fingerprint density at radius 1 is 1.05 bits per heavy atom. The van der Waals surface area contributed by atoms with Crippen LogP contribution in [-0.4, -0.2) is 5.11 Å². The van der Waals surface area contributed by atoms with Gasteiger partial charge >= 0.3 is 0 Å². The second-order valence-corrected chi connectivity index (χ2v) is 4.65. The molecular formula is C16H18FNO. The first-order valence-electron chi connectivity index (χ1n) is 6.33. The van der Waals surface area contributed by atoms with Gasteiger partial charge in [-0.25, -0.2) is 4.39 Å². The average Bonchev–Trinajstić information content (AvgIpc) is 2.43. The Hall–Kier alpha value is -1.71. The van der Waals surface area contributed by atoms with Gasteiger partial charge in [0.15, 0.2) is 0 Å².